The second kappa shape index (κ2) is 6.37. The summed E-state index contributed by atoms with van der Waals surface area (Å²) in [7, 11) is 0. The number of benzene rings is 1. The summed E-state index contributed by atoms with van der Waals surface area (Å²) in [6.45, 7) is 2.20. The zero-order chi connectivity index (χ0) is 12.0. The summed E-state index contributed by atoms with van der Waals surface area (Å²) in [5, 5.41) is 21.4. The molecule has 16 heavy (non-hydrogen) atoms. The Morgan fingerprint density at radius 2 is 2.31 bits per heavy atom. The van der Waals surface area contributed by atoms with Crippen molar-refractivity contribution in [1.29, 1.82) is 5.26 Å². The first kappa shape index (κ1) is 12.8. The molecule has 1 unspecified atom stereocenters. The van der Waals surface area contributed by atoms with Crippen LogP contribution in [-0.4, -0.2) is 17.8 Å². The molecule has 1 rings (SSSR count). The molecule has 3 nitrogen and oxygen atoms in total. The van der Waals surface area contributed by atoms with Crippen molar-refractivity contribution in [3.05, 3.63) is 28.8 Å². The van der Waals surface area contributed by atoms with Gasteiger partial charge in [-0.2, -0.15) is 5.26 Å². The zero-order valence-corrected chi connectivity index (χ0v) is 9.96. The maximum Gasteiger partial charge on any atom is 0.0992 e. The minimum absolute atomic E-state index is 0.152. The summed E-state index contributed by atoms with van der Waals surface area (Å²) >= 11 is 6.03. The van der Waals surface area contributed by atoms with Crippen molar-refractivity contribution in [3.63, 3.8) is 0 Å². The minimum atomic E-state index is 0.152. The monoisotopic (exact) mass is 238 g/mol. The van der Waals surface area contributed by atoms with Gasteiger partial charge in [-0.3, -0.25) is 0 Å². The Bertz CT molecular complexity index is 387. The summed E-state index contributed by atoms with van der Waals surface area (Å²) in [4.78, 5) is 0. The average molecular weight is 239 g/mol. The molecule has 0 spiro atoms. The molecule has 1 aromatic rings. The molecule has 0 aromatic heterocycles. The highest BCUT2D eigenvalue weighted by atomic mass is 35.5. The molecule has 0 fully saturated rings. The number of aliphatic hydroxyl groups is 1. The van der Waals surface area contributed by atoms with Crippen LogP contribution in [0, 0.1) is 11.3 Å². The van der Waals surface area contributed by atoms with Crippen LogP contribution in [0.5, 0.6) is 0 Å². The van der Waals surface area contributed by atoms with Crippen LogP contribution in [0.2, 0.25) is 5.02 Å². The predicted octanol–water partition coefficient (Wildman–Crippen LogP) is 2.78. The highest BCUT2D eigenvalue weighted by molar-refractivity contribution is 6.33. The van der Waals surface area contributed by atoms with E-state index in [1.165, 1.54) is 0 Å². The lowest BCUT2D eigenvalue weighted by atomic mass is 10.1. The molecule has 1 aromatic carbocycles. The van der Waals surface area contributed by atoms with E-state index in [1.807, 2.05) is 13.0 Å². The number of nitriles is 1. The largest absolute Gasteiger partial charge is 0.396 e. The van der Waals surface area contributed by atoms with Gasteiger partial charge in [0.2, 0.25) is 0 Å². The number of nitrogens with one attached hydrogen (secondary N) is 1. The molecule has 86 valence electrons. The molecule has 0 aliphatic heterocycles. The quantitative estimate of drug-likeness (QED) is 0.830. The van der Waals surface area contributed by atoms with Crippen LogP contribution in [0.15, 0.2) is 18.2 Å². The lowest BCUT2D eigenvalue weighted by Crippen LogP contribution is -2.19. The van der Waals surface area contributed by atoms with Gasteiger partial charge in [-0.25, -0.2) is 0 Å². The molecule has 4 heteroatoms. The summed E-state index contributed by atoms with van der Waals surface area (Å²) in [5.74, 6) is 0. The van der Waals surface area contributed by atoms with Gasteiger partial charge < -0.3 is 10.4 Å². The van der Waals surface area contributed by atoms with Crippen molar-refractivity contribution < 1.29 is 5.11 Å². The number of nitrogens with zero attached hydrogens (tertiary/aromatic N) is 1. The molecule has 0 saturated heterocycles. The van der Waals surface area contributed by atoms with Gasteiger partial charge in [-0.1, -0.05) is 18.5 Å². The Balaban J connectivity index is 2.77. The van der Waals surface area contributed by atoms with Crippen molar-refractivity contribution in [2.45, 2.75) is 25.8 Å². The predicted molar refractivity (Wildman–Crippen MR) is 65.6 cm³/mol. The standard InChI is InChI=1S/C12H15ClN2O/c1-2-10(5-6-16)15-12-4-3-9(8-14)7-11(12)13/h3-4,7,10,15-16H,2,5-6H2,1H3. The van der Waals surface area contributed by atoms with Crippen LogP contribution in [0.1, 0.15) is 25.3 Å². The van der Waals surface area contributed by atoms with E-state index >= 15 is 0 Å². The van der Waals surface area contributed by atoms with Crippen LogP contribution in [0.3, 0.4) is 0 Å². The summed E-state index contributed by atoms with van der Waals surface area (Å²) in [6.07, 6.45) is 1.60. The molecule has 0 saturated carbocycles. The van der Waals surface area contributed by atoms with Gasteiger partial charge in [0.05, 0.1) is 22.3 Å². The van der Waals surface area contributed by atoms with Crippen LogP contribution < -0.4 is 5.32 Å². The van der Waals surface area contributed by atoms with E-state index in [9.17, 15) is 0 Å². The molecule has 1 atom stereocenters. The van der Waals surface area contributed by atoms with E-state index in [-0.39, 0.29) is 12.6 Å². The lowest BCUT2D eigenvalue weighted by molar-refractivity contribution is 0.278. The Kier molecular flexibility index (Phi) is 5.10. The highest BCUT2D eigenvalue weighted by Gasteiger charge is 2.08. The first-order valence-electron chi connectivity index (χ1n) is 5.28. The molecule has 0 aliphatic rings. The van der Waals surface area contributed by atoms with Crippen LogP contribution >= 0.6 is 11.6 Å². The molecule has 0 radical (unpaired) electrons. The van der Waals surface area contributed by atoms with Crippen molar-refractivity contribution in [2.75, 3.05) is 11.9 Å². The fraction of sp³-hybridized carbons (Fsp3) is 0.417. The van der Waals surface area contributed by atoms with Gasteiger partial charge in [0.15, 0.2) is 0 Å². The first-order chi connectivity index (χ1) is 7.71. The van der Waals surface area contributed by atoms with Crippen LogP contribution in [0.25, 0.3) is 0 Å². The van der Waals surface area contributed by atoms with E-state index in [2.05, 4.69) is 5.32 Å². The Labute approximate surface area is 101 Å². The van der Waals surface area contributed by atoms with Crippen molar-refractivity contribution >= 4 is 17.3 Å². The molecular formula is C12H15ClN2O. The van der Waals surface area contributed by atoms with E-state index in [1.54, 1.807) is 18.2 Å². The van der Waals surface area contributed by atoms with Gasteiger partial charge >= 0.3 is 0 Å². The van der Waals surface area contributed by atoms with E-state index < -0.39 is 0 Å². The average Bonchev–Trinajstić information content (AvgIpc) is 2.30. The number of anilines is 1. The lowest BCUT2D eigenvalue weighted by Gasteiger charge is -2.18. The number of rotatable bonds is 5. The third-order valence-corrected chi connectivity index (χ3v) is 2.74. The van der Waals surface area contributed by atoms with E-state index in [0.29, 0.717) is 17.0 Å². The van der Waals surface area contributed by atoms with Gasteiger partial charge in [0, 0.05) is 12.6 Å². The summed E-state index contributed by atoms with van der Waals surface area (Å²) in [5.41, 5.74) is 1.35. The second-order valence-corrected chi connectivity index (χ2v) is 3.98. The van der Waals surface area contributed by atoms with Crippen LogP contribution in [-0.2, 0) is 0 Å². The Morgan fingerprint density at radius 3 is 2.81 bits per heavy atom. The third-order valence-electron chi connectivity index (χ3n) is 2.43. The SMILES string of the molecule is CCC(CCO)Nc1ccc(C#N)cc1Cl. The Hall–Kier alpha value is -1.24. The van der Waals surface area contributed by atoms with Gasteiger partial charge in [0.1, 0.15) is 0 Å². The molecule has 0 aliphatic carbocycles. The van der Waals surface area contributed by atoms with Crippen molar-refractivity contribution in [1.82, 2.24) is 0 Å². The summed E-state index contributed by atoms with van der Waals surface area (Å²) in [6, 6.07) is 7.39. The first-order valence-corrected chi connectivity index (χ1v) is 5.66. The fourth-order valence-electron chi connectivity index (χ4n) is 1.46. The van der Waals surface area contributed by atoms with Crippen molar-refractivity contribution in [2.24, 2.45) is 0 Å². The minimum Gasteiger partial charge on any atom is -0.396 e. The Morgan fingerprint density at radius 1 is 1.56 bits per heavy atom. The number of hydrogen-bond donors (Lipinski definition) is 2. The van der Waals surface area contributed by atoms with E-state index in [4.69, 9.17) is 22.0 Å². The molecule has 0 heterocycles. The molecule has 0 amide bonds. The maximum absolute atomic E-state index is 8.88. The molecular weight excluding hydrogens is 224 g/mol. The highest BCUT2D eigenvalue weighted by Crippen LogP contribution is 2.24. The normalized spacial score (nSPS) is 11.9. The fourth-order valence-corrected chi connectivity index (χ4v) is 1.69. The van der Waals surface area contributed by atoms with E-state index in [0.717, 1.165) is 12.1 Å². The van der Waals surface area contributed by atoms with Gasteiger partial charge in [-0.15, -0.1) is 0 Å². The summed E-state index contributed by atoms with van der Waals surface area (Å²) < 4.78 is 0. The number of hydrogen-bond acceptors (Lipinski definition) is 3. The topological polar surface area (TPSA) is 56.0 Å². The second-order valence-electron chi connectivity index (χ2n) is 3.57. The smallest absolute Gasteiger partial charge is 0.0992 e. The van der Waals surface area contributed by atoms with Crippen LogP contribution in [0.4, 0.5) is 5.69 Å². The van der Waals surface area contributed by atoms with Crippen molar-refractivity contribution in [3.8, 4) is 6.07 Å². The number of aliphatic hydroxyl groups excluding tert-OH is 1. The van der Waals surface area contributed by atoms with Gasteiger partial charge in [0.25, 0.3) is 0 Å². The maximum atomic E-state index is 8.88. The number of halogens is 1. The van der Waals surface area contributed by atoms with Gasteiger partial charge in [-0.05, 0) is 31.0 Å². The molecule has 2 N–H and O–H groups in total. The third kappa shape index (κ3) is 3.41. The molecule has 0 bridgehead atoms. The zero-order valence-electron chi connectivity index (χ0n) is 9.20.